The number of hydrogen-bond acceptors (Lipinski definition) is 3. The van der Waals surface area contributed by atoms with Crippen LogP contribution in [-0.2, 0) is 4.74 Å². The lowest BCUT2D eigenvalue weighted by Crippen LogP contribution is -2.24. The van der Waals surface area contributed by atoms with Crippen LogP contribution in [0, 0.1) is 17.1 Å². The van der Waals surface area contributed by atoms with Crippen molar-refractivity contribution in [3.63, 3.8) is 0 Å². The Morgan fingerprint density at radius 2 is 2.44 bits per heavy atom. The third-order valence-corrected chi connectivity index (χ3v) is 2.31. The summed E-state index contributed by atoms with van der Waals surface area (Å²) in [5, 5.41) is 8.49. The minimum absolute atomic E-state index is 0.150. The second-order valence-corrected chi connectivity index (χ2v) is 3.46. The number of halogens is 1. The molecule has 0 bridgehead atoms. The van der Waals surface area contributed by atoms with Crippen molar-refractivity contribution < 1.29 is 13.9 Å². The molecule has 1 saturated heterocycles. The van der Waals surface area contributed by atoms with Gasteiger partial charge in [0, 0.05) is 0 Å². The van der Waals surface area contributed by atoms with Crippen LogP contribution in [0.5, 0.6) is 0 Å². The van der Waals surface area contributed by atoms with Gasteiger partial charge in [0.1, 0.15) is 11.9 Å². The highest BCUT2D eigenvalue weighted by atomic mass is 19.1. The number of rotatable bonds is 2. The van der Waals surface area contributed by atoms with Crippen molar-refractivity contribution >= 4 is 11.8 Å². The first kappa shape index (κ1) is 10.4. The summed E-state index contributed by atoms with van der Waals surface area (Å²) >= 11 is 0. The first-order valence-corrected chi connectivity index (χ1v) is 4.81. The highest BCUT2D eigenvalue weighted by Crippen LogP contribution is 2.23. The van der Waals surface area contributed by atoms with Gasteiger partial charge in [-0.05, 0) is 18.2 Å². The number of carbonyl (C=O) groups is 1. The summed E-state index contributed by atoms with van der Waals surface area (Å²) in [6.07, 6.45) is -0.816. The molecule has 1 amide bonds. The molecule has 5 heteroatoms. The Morgan fingerprint density at radius 3 is 3.12 bits per heavy atom. The molecule has 16 heavy (non-hydrogen) atoms. The average molecular weight is 220 g/mol. The van der Waals surface area contributed by atoms with E-state index in [1.807, 2.05) is 6.07 Å². The van der Waals surface area contributed by atoms with Crippen molar-refractivity contribution in [1.82, 2.24) is 0 Å². The van der Waals surface area contributed by atoms with E-state index in [-0.39, 0.29) is 13.0 Å². The van der Waals surface area contributed by atoms with Crippen molar-refractivity contribution in [3.05, 3.63) is 30.1 Å². The van der Waals surface area contributed by atoms with Gasteiger partial charge in [-0.25, -0.2) is 9.18 Å². The Hall–Kier alpha value is -2.09. The van der Waals surface area contributed by atoms with E-state index in [1.165, 1.54) is 23.1 Å². The molecule has 1 heterocycles. The van der Waals surface area contributed by atoms with Crippen LogP contribution in [0.15, 0.2) is 24.3 Å². The third-order valence-electron chi connectivity index (χ3n) is 2.31. The molecule has 1 aliphatic rings. The van der Waals surface area contributed by atoms with Gasteiger partial charge in [-0.2, -0.15) is 5.26 Å². The quantitative estimate of drug-likeness (QED) is 0.766. The van der Waals surface area contributed by atoms with E-state index in [0.717, 1.165) is 0 Å². The minimum Gasteiger partial charge on any atom is -0.443 e. The number of nitrogens with zero attached hydrogens (tertiary/aromatic N) is 2. The summed E-state index contributed by atoms with van der Waals surface area (Å²) in [4.78, 5) is 12.8. The van der Waals surface area contributed by atoms with Gasteiger partial charge in [-0.1, -0.05) is 6.07 Å². The molecule has 1 aromatic carbocycles. The molecule has 0 aliphatic carbocycles. The Balaban J connectivity index is 2.17. The van der Waals surface area contributed by atoms with Gasteiger partial charge in [0.25, 0.3) is 0 Å². The second kappa shape index (κ2) is 4.19. The lowest BCUT2D eigenvalue weighted by molar-refractivity contribution is 0.143. The number of hydrogen-bond donors (Lipinski definition) is 0. The average Bonchev–Trinajstić information content (AvgIpc) is 2.60. The van der Waals surface area contributed by atoms with Crippen LogP contribution >= 0.6 is 0 Å². The Morgan fingerprint density at radius 1 is 1.62 bits per heavy atom. The summed E-state index contributed by atoms with van der Waals surface area (Å²) in [6, 6.07) is 7.65. The molecule has 1 aromatic rings. The number of benzene rings is 1. The fourth-order valence-electron chi connectivity index (χ4n) is 1.58. The fourth-order valence-corrected chi connectivity index (χ4v) is 1.58. The van der Waals surface area contributed by atoms with Crippen molar-refractivity contribution in [2.75, 3.05) is 11.4 Å². The van der Waals surface area contributed by atoms with E-state index in [9.17, 15) is 9.18 Å². The van der Waals surface area contributed by atoms with Gasteiger partial charge in [0.15, 0.2) is 0 Å². The van der Waals surface area contributed by atoms with Crippen molar-refractivity contribution in [1.29, 1.82) is 5.26 Å². The maximum absolute atomic E-state index is 13.0. The number of ether oxygens (including phenoxy) is 1. The van der Waals surface area contributed by atoms with Crippen LogP contribution in [-0.4, -0.2) is 18.7 Å². The normalized spacial score (nSPS) is 19.4. The lowest BCUT2D eigenvalue weighted by Gasteiger charge is -2.12. The van der Waals surface area contributed by atoms with Gasteiger partial charge in [-0.3, -0.25) is 4.90 Å². The van der Waals surface area contributed by atoms with E-state index in [1.54, 1.807) is 6.07 Å². The molecule has 0 aromatic heterocycles. The Kier molecular flexibility index (Phi) is 2.73. The van der Waals surface area contributed by atoms with Crippen LogP contribution in [0.4, 0.5) is 14.9 Å². The van der Waals surface area contributed by atoms with Gasteiger partial charge in [0.2, 0.25) is 0 Å². The fraction of sp³-hybridized carbons (Fsp3) is 0.273. The number of carbonyl (C=O) groups excluding carboxylic acids is 1. The molecule has 2 rings (SSSR count). The third kappa shape index (κ3) is 1.96. The zero-order valence-electron chi connectivity index (χ0n) is 8.39. The second-order valence-electron chi connectivity index (χ2n) is 3.46. The van der Waals surface area contributed by atoms with Crippen molar-refractivity contribution in [2.45, 2.75) is 12.5 Å². The van der Waals surface area contributed by atoms with Crippen LogP contribution < -0.4 is 4.90 Å². The van der Waals surface area contributed by atoms with E-state index < -0.39 is 18.0 Å². The molecule has 4 nitrogen and oxygen atoms in total. The molecule has 0 spiro atoms. The van der Waals surface area contributed by atoms with E-state index in [4.69, 9.17) is 10.00 Å². The minimum atomic E-state index is -0.536. The number of amides is 1. The molecule has 1 atom stereocenters. The maximum Gasteiger partial charge on any atom is 0.414 e. The SMILES string of the molecule is N#CCC1CN(c2cccc(F)c2)C(=O)O1. The predicted octanol–water partition coefficient (Wildman–Crippen LogP) is 2.06. The lowest BCUT2D eigenvalue weighted by atomic mass is 10.2. The zero-order valence-corrected chi connectivity index (χ0v) is 8.39. The smallest absolute Gasteiger partial charge is 0.414 e. The Labute approximate surface area is 91.8 Å². The maximum atomic E-state index is 13.0. The highest BCUT2D eigenvalue weighted by Gasteiger charge is 2.32. The summed E-state index contributed by atoms with van der Waals surface area (Å²) < 4.78 is 17.9. The predicted molar refractivity (Wildman–Crippen MR) is 54.2 cm³/mol. The van der Waals surface area contributed by atoms with Gasteiger partial charge in [-0.15, -0.1) is 0 Å². The molecule has 1 unspecified atom stereocenters. The summed E-state index contributed by atoms with van der Waals surface area (Å²) in [5.74, 6) is -0.408. The molecule has 1 aliphatic heterocycles. The van der Waals surface area contributed by atoms with Crippen molar-refractivity contribution in [3.8, 4) is 6.07 Å². The molecular weight excluding hydrogens is 211 g/mol. The number of nitriles is 1. The number of cyclic esters (lactones) is 1. The van der Waals surface area contributed by atoms with Crippen LogP contribution in [0.2, 0.25) is 0 Å². The summed E-state index contributed by atoms with van der Waals surface area (Å²) in [5.41, 5.74) is 0.449. The van der Waals surface area contributed by atoms with E-state index in [0.29, 0.717) is 5.69 Å². The first-order valence-electron chi connectivity index (χ1n) is 4.81. The first-order chi connectivity index (χ1) is 7.70. The molecule has 1 fully saturated rings. The highest BCUT2D eigenvalue weighted by molar-refractivity contribution is 5.89. The summed E-state index contributed by atoms with van der Waals surface area (Å²) in [7, 11) is 0. The van der Waals surface area contributed by atoms with Gasteiger partial charge >= 0.3 is 6.09 Å². The monoisotopic (exact) mass is 220 g/mol. The van der Waals surface area contributed by atoms with E-state index >= 15 is 0 Å². The standard InChI is InChI=1S/C11H9FN2O2/c12-8-2-1-3-9(6-8)14-7-10(4-5-13)16-11(14)15/h1-3,6,10H,4,7H2. The molecule has 0 N–H and O–H groups in total. The van der Waals surface area contributed by atoms with Gasteiger partial charge < -0.3 is 4.74 Å². The topological polar surface area (TPSA) is 53.3 Å². The van der Waals surface area contributed by atoms with Crippen LogP contribution in [0.25, 0.3) is 0 Å². The Bertz CT molecular complexity index is 456. The molecule has 82 valence electrons. The molecule has 0 radical (unpaired) electrons. The summed E-state index contributed by atoms with van der Waals surface area (Å²) in [6.45, 7) is 0.288. The van der Waals surface area contributed by atoms with Crippen LogP contribution in [0.3, 0.4) is 0 Å². The van der Waals surface area contributed by atoms with Gasteiger partial charge in [0.05, 0.1) is 24.7 Å². The van der Waals surface area contributed by atoms with E-state index in [2.05, 4.69) is 0 Å². The zero-order chi connectivity index (χ0) is 11.5. The number of anilines is 1. The molecule has 0 saturated carbocycles. The largest absolute Gasteiger partial charge is 0.443 e. The van der Waals surface area contributed by atoms with Crippen molar-refractivity contribution in [2.24, 2.45) is 0 Å². The van der Waals surface area contributed by atoms with Crippen LogP contribution in [0.1, 0.15) is 6.42 Å². The molecular formula is C11H9FN2O2.